The van der Waals surface area contributed by atoms with Crippen LogP contribution >= 0.6 is 0 Å². The fraction of sp³-hybridized carbons (Fsp3) is 0.333. The molecule has 1 heteroatoms. The maximum absolute atomic E-state index is 3.60. The summed E-state index contributed by atoms with van der Waals surface area (Å²) >= 11 is 0. The van der Waals surface area contributed by atoms with Gasteiger partial charge in [0.25, 0.3) is 0 Å². The number of anilines is 1. The monoisotopic (exact) mass is 251 g/mol. The highest BCUT2D eigenvalue weighted by molar-refractivity contribution is 5.57. The van der Waals surface area contributed by atoms with Crippen molar-refractivity contribution in [2.45, 2.75) is 26.7 Å². The van der Waals surface area contributed by atoms with Crippen LogP contribution in [-0.2, 0) is 12.8 Å². The van der Waals surface area contributed by atoms with E-state index in [1.165, 1.54) is 40.8 Å². The van der Waals surface area contributed by atoms with E-state index < -0.39 is 0 Å². The normalized spacial score (nSPS) is 17.7. The Morgan fingerprint density at radius 1 is 1.05 bits per heavy atom. The molecule has 3 rings (SSSR count). The maximum atomic E-state index is 3.60. The molecule has 1 aliphatic rings. The van der Waals surface area contributed by atoms with Gasteiger partial charge in [0.15, 0.2) is 0 Å². The average molecular weight is 251 g/mol. The van der Waals surface area contributed by atoms with Crippen molar-refractivity contribution in [1.29, 1.82) is 0 Å². The lowest BCUT2D eigenvalue weighted by atomic mass is 9.87. The highest BCUT2D eigenvalue weighted by Crippen LogP contribution is 2.29. The van der Waals surface area contributed by atoms with Crippen LogP contribution in [0.2, 0.25) is 0 Å². The topological polar surface area (TPSA) is 12.0 Å². The van der Waals surface area contributed by atoms with Crippen LogP contribution in [0.3, 0.4) is 0 Å². The van der Waals surface area contributed by atoms with Crippen molar-refractivity contribution in [3.8, 4) is 0 Å². The SMILES string of the molecule is Cc1cc2c(cc1C)NCC(Cc1ccccc1)C2. The van der Waals surface area contributed by atoms with Crippen LogP contribution in [0.5, 0.6) is 0 Å². The van der Waals surface area contributed by atoms with Crippen LogP contribution in [-0.4, -0.2) is 6.54 Å². The van der Waals surface area contributed by atoms with Gasteiger partial charge in [-0.25, -0.2) is 0 Å². The summed E-state index contributed by atoms with van der Waals surface area (Å²) in [5, 5.41) is 3.60. The van der Waals surface area contributed by atoms with Crippen molar-refractivity contribution >= 4 is 5.69 Å². The summed E-state index contributed by atoms with van der Waals surface area (Å²) in [7, 11) is 0. The third-order valence-corrected chi connectivity index (χ3v) is 4.18. The first kappa shape index (κ1) is 12.3. The molecule has 1 unspecified atom stereocenters. The van der Waals surface area contributed by atoms with Gasteiger partial charge in [-0.2, -0.15) is 0 Å². The number of fused-ring (bicyclic) bond motifs is 1. The molecule has 1 aliphatic heterocycles. The van der Waals surface area contributed by atoms with E-state index in [4.69, 9.17) is 0 Å². The third-order valence-electron chi connectivity index (χ3n) is 4.18. The minimum Gasteiger partial charge on any atom is -0.385 e. The van der Waals surface area contributed by atoms with Gasteiger partial charge in [-0.3, -0.25) is 0 Å². The van der Waals surface area contributed by atoms with Crippen LogP contribution in [0.25, 0.3) is 0 Å². The third kappa shape index (κ3) is 2.65. The first-order chi connectivity index (χ1) is 9.22. The number of nitrogens with one attached hydrogen (secondary N) is 1. The number of benzene rings is 2. The summed E-state index contributed by atoms with van der Waals surface area (Å²) in [5.41, 5.74) is 7.05. The summed E-state index contributed by atoms with van der Waals surface area (Å²) in [6.45, 7) is 5.48. The van der Waals surface area contributed by atoms with Crippen molar-refractivity contribution in [3.05, 3.63) is 64.7 Å². The molecule has 98 valence electrons. The first-order valence-corrected chi connectivity index (χ1v) is 7.10. The van der Waals surface area contributed by atoms with Crippen LogP contribution in [0.4, 0.5) is 5.69 Å². The highest BCUT2D eigenvalue weighted by atomic mass is 14.9. The fourth-order valence-corrected chi connectivity index (χ4v) is 2.94. The quantitative estimate of drug-likeness (QED) is 0.846. The number of hydrogen-bond donors (Lipinski definition) is 1. The molecule has 19 heavy (non-hydrogen) atoms. The Bertz CT molecular complexity index is 572. The molecule has 0 bridgehead atoms. The van der Waals surface area contributed by atoms with Crippen molar-refractivity contribution in [3.63, 3.8) is 0 Å². The van der Waals surface area contributed by atoms with Crippen molar-refractivity contribution in [2.75, 3.05) is 11.9 Å². The molecule has 0 saturated heterocycles. The van der Waals surface area contributed by atoms with Crippen LogP contribution in [0.15, 0.2) is 42.5 Å². The Balaban J connectivity index is 1.77. The lowest BCUT2D eigenvalue weighted by molar-refractivity contribution is 0.535. The van der Waals surface area contributed by atoms with E-state index in [1.807, 2.05) is 0 Å². The molecule has 1 atom stereocenters. The van der Waals surface area contributed by atoms with Gasteiger partial charge in [-0.15, -0.1) is 0 Å². The molecule has 2 aromatic carbocycles. The number of hydrogen-bond acceptors (Lipinski definition) is 1. The second kappa shape index (κ2) is 5.08. The van der Waals surface area contributed by atoms with E-state index in [1.54, 1.807) is 0 Å². The van der Waals surface area contributed by atoms with Gasteiger partial charge in [0.1, 0.15) is 0 Å². The molecule has 0 spiro atoms. The molecule has 0 amide bonds. The Labute approximate surface area is 115 Å². The lowest BCUT2D eigenvalue weighted by Crippen LogP contribution is -2.25. The fourth-order valence-electron chi connectivity index (χ4n) is 2.94. The summed E-state index contributed by atoms with van der Waals surface area (Å²) < 4.78 is 0. The number of aryl methyl sites for hydroxylation is 2. The zero-order valence-corrected chi connectivity index (χ0v) is 11.7. The average Bonchev–Trinajstić information content (AvgIpc) is 2.42. The second-order valence-corrected chi connectivity index (χ2v) is 5.73. The van der Waals surface area contributed by atoms with Crippen LogP contribution < -0.4 is 5.32 Å². The molecule has 1 N–H and O–H groups in total. The van der Waals surface area contributed by atoms with E-state index in [0.29, 0.717) is 5.92 Å². The van der Waals surface area contributed by atoms with Gasteiger partial charge < -0.3 is 5.32 Å². The zero-order valence-electron chi connectivity index (χ0n) is 11.7. The Morgan fingerprint density at radius 2 is 1.79 bits per heavy atom. The van der Waals surface area contributed by atoms with E-state index in [2.05, 4.69) is 61.6 Å². The van der Waals surface area contributed by atoms with E-state index in [-0.39, 0.29) is 0 Å². The minimum atomic E-state index is 0.706. The maximum Gasteiger partial charge on any atom is 0.0375 e. The van der Waals surface area contributed by atoms with Gasteiger partial charge in [0, 0.05) is 12.2 Å². The van der Waals surface area contributed by atoms with Gasteiger partial charge in [-0.05, 0) is 60.9 Å². The minimum absolute atomic E-state index is 0.706. The van der Waals surface area contributed by atoms with Gasteiger partial charge in [-0.1, -0.05) is 36.4 Å². The largest absolute Gasteiger partial charge is 0.385 e. The molecule has 0 saturated carbocycles. The number of rotatable bonds is 2. The Morgan fingerprint density at radius 3 is 2.58 bits per heavy atom. The Kier molecular flexibility index (Phi) is 3.29. The summed E-state index contributed by atoms with van der Waals surface area (Å²) in [4.78, 5) is 0. The molecular formula is C18H21N. The summed E-state index contributed by atoms with van der Waals surface area (Å²) in [6, 6.07) is 15.5. The van der Waals surface area contributed by atoms with Crippen molar-refractivity contribution in [2.24, 2.45) is 5.92 Å². The molecule has 2 aromatic rings. The molecule has 1 heterocycles. The molecule has 0 aromatic heterocycles. The van der Waals surface area contributed by atoms with Crippen LogP contribution in [0, 0.1) is 19.8 Å². The van der Waals surface area contributed by atoms with Crippen molar-refractivity contribution in [1.82, 2.24) is 0 Å². The molecule has 0 aliphatic carbocycles. The standard InChI is InChI=1S/C18H21N/c1-13-8-17-11-16(10-15-6-4-3-5-7-15)12-19-18(17)9-14(13)2/h3-9,16,19H,10-12H2,1-2H3. The summed E-state index contributed by atoms with van der Waals surface area (Å²) in [5.74, 6) is 0.706. The van der Waals surface area contributed by atoms with E-state index in [9.17, 15) is 0 Å². The molecular weight excluding hydrogens is 230 g/mol. The smallest absolute Gasteiger partial charge is 0.0375 e. The lowest BCUT2D eigenvalue weighted by Gasteiger charge is -2.27. The summed E-state index contributed by atoms with van der Waals surface area (Å²) in [6.07, 6.45) is 2.36. The predicted octanol–water partition coefficient (Wildman–Crippen LogP) is 4.13. The molecule has 0 radical (unpaired) electrons. The molecule has 0 fully saturated rings. The Hall–Kier alpha value is -1.76. The van der Waals surface area contributed by atoms with Gasteiger partial charge >= 0.3 is 0 Å². The molecule has 1 nitrogen and oxygen atoms in total. The second-order valence-electron chi connectivity index (χ2n) is 5.73. The van der Waals surface area contributed by atoms with Crippen molar-refractivity contribution < 1.29 is 0 Å². The highest BCUT2D eigenvalue weighted by Gasteiger charge is 2.19. The van der Waals surface area contributed by atoms with Gasteiger partial charge in [0.05, 0.1) is 0 Å². The first-order valence-electron chi connectivity index (χ1n) is 7.10. The van der Waals surface area contributed by atoms with Gasteiger partial charge in [0.2, 0.25) is 0 Å². The zero-order chi connectivity index (χ0) is 13.2. The predicted molar refractivity (Wildman–Crippen MR) is 81.7 cm³/mol. The van der Waals surface area contributed by atoms with E-state index in [0.717, 1.165) is 6.54 Å². The van der Waals surface area contributed by atoms with E-state index >= 15 is 0 Å². The van der Waals surface area contributed by atoms with Crippen LogP contribution in [0.1, 0.15) is 22.3 Å².